The molecule has 160 valence electrons. The first kappa shape index (κ1) is 22.2. The second-order valence-corrected chi connectivity index (χ2v) is 7.59. The van der Waals surface area contributed by atoms with E-state index in [0.717, 1.165) is 50.9 Å². The van der Waals surface area contributed by atoms with Gasteiger partial charge in [-0.15, -0.1) is 12.4 Å². The van der Waals surface area contributed by atoms with Crippen molar-refractivity contribution in [2.75, 3.05) is 32.0 Å². The number of pyridine rings is 1. The highest BCUT2D eigenvalue weighted by molar-refractivity contribution is 5.85. The van der Waals surface area contributed by atoms with Crippen LogP contribution in [0.5, 0.6) is 11.5 Å². The molecule has 0 aliphatic carbocycles. The maximum Gasteiger partial charge on any atom is 0.142 e. The average molecular weight is 431 g/mol. The van der Waals surface area contributed by atoms with Crippen LogP contribution in [0.3, 0.4) is 0 Å². The fourth-order valence-corrected chi connectivity index (χ4v) is 4.15. The van der Waals surface area contributed by atoms with Gasteiger partial charge in [-0.05, 0) is 68.5 Å². The maximum atomic E-state index is 10.6. The number of hydrogen-bond acceptors (Lipinski definition) is 7. The summed E-state index contributed by atoms with van der Waals surface area (Å²) in [6.45, 7) is 2.98. The molecule has 2 aliphatic heterocycles. The van der Waals surface area contributed by atoms with Crippen molar-refractivity contribution < 1.29 is 14.6 Å². The molecule has 0 amide bonds. The molecular weight excluding hydrogens is 404 g/mol. The van der Waals surface area contributed by atoms with Crippen molar-refractivity contribution in [2.45, 2.75) is 37.7 Å². The third kappa shape index (κ3) is 4.62. The van der Waals surface area contributed by atoms with E-state index in [1.54, 1.807) is 12.1 Å². The number of rotatable bonds is 5. The molecule has 1 aromatic heterocycles. The highest BCUT2D eigenvalue weighted by Gasteiger charge is 2.24. The topological polar surface area (TPSA) is 113 Å². The lowest BCUT2D eigenvalue weighted by Gasteiger charge is -2.25. The van der Waals surface area contributed by atoms with Crippen molar-refractivity contribution in [3.63, 3.8) is 0 Å². The Morgan fingerprint density at radius 3 is 2.80 bits per heavy atom. The van der Waals surface area contributed by atoms with E-state index in [4.69, 9.17) is 15.2 Å². The summed E-state index contributed by atoms with van der Waals surface area (Å²) in [5.74, 6) is 1.03. The summed E-state index contributed by atoms with van der Waals surface area (Å²) in [4.78, 5) is 4.44. The summed E-state index contributed by atoms with van der Waals surface area (Å²) in [5.41, 5.74) is 8.50. The molecular formula is C22H27ClN4O3. The summed E-state index contributed by atoms with van der Waals surface area (Å²) >= 11 is 0. The molecule has 2 fully saturated rings. The zero-order valence-corrected chi connectivity index (χ0v) is 17.6. The maximum absolute atomic E-state index is 10.6. The van der Waals surface area contributed by atoms with E-state index < -0.39 is 0 Å². The Bertz CT molecular complexity index is 919. The summed E-state index contributed by atoms with van der Waals surface area (Å²) in [6.07, 6.45) is 3.93. The van der Waals surface area contributed by atoms with Gasteiger partial charge in [0.2, 0.25) is 0 Å². The molecule has 4 N–H and O–H groups in total. The Balaban J connectivity index is 0.00000256. The van der Waals surface area contributed by atoms with Gasteiger partial charge in [0.05, 0.1) is 22.9 Å². The number of nitrogens with two attached hydrogens (primary N) is 1. The summed E-state index contributed by atoms with van der Waals surface area (Å²) in [6, 6.07) is 9.26. The van der Waals surface area contributed by atoms with E-state index in [-0.39, 0.29) is 36.0 Å². The molecule has 2 aromatic rings. The van der Waals surface area contributed by atoms with Crippen LogP contribution in [0, 0.1) is 11.3 Å². The van der Waals surface area contributed by atoms with Gasteiger partial charge in [-0.2, -0.15) is 5.26 Å². The van der Waals surface area contributed by atoms with Gasteiger partial charge in [-0.25, -0.2) is 4.98 Å². The van der Waals surface area contributed by atoms with Gasteiger partial charge in [0.1, 0.15) is 30.0 Å². The quantitative estimate of drug-likeness (QED) is 0.666. The van der Waals surface area contributed by atoms with Gasteiger partial charge in [0.15, 0.2) is 0 Å². The third-order valence-electron chi connectivity index (χ3n) is 5.68. The van der Waals surface area contributed by atoms with E-state index in [1.807, 2.05) is 12.1 Å². The Morgan fingerprint density at radius 2 is 2.10 bits per heavy atom. The van der Waals surface area contributed by atoms with Crippen LogP contribution in [0.4, 0.5) is 5.82 Å². The van der Waals surface area contributed by atoms with Gasteiger partial charge in [-0.3, -0.25) is 0 Å². The van der Waals surface area contributed by atoms with E-state index in [9.17, 15) is 10.4 Å². The Morgan fingerprint density at radius 1 is 1.30 bits per heavy atom. The second-order valence-electron chi connectivity index (χ2n) is 7.59. The first-order chi connectivity index (χ1) is 14.2. The molecule has 30 heavy (non-hydrogen) atoms. The van der Waals surface area contributed by atoms with Gasteiger partial charge >= 0.3 is 0 Å². The summed E-state index contributed by atoms with van der Waals surface area (Å²) in [5, 5.41) is 23.6. The number of halogens is 1. The number of nitriles is 1. The van der Waals surface area contributed by atoms with Crippen molar-refractivity contribution in [1.82, 2.24) is 10.3 Å². The molecule has 2 saturated heterocycles. The number of hydrogen-bond donors (Lipinski definition) is 3. The van der Waals surface area contributed by atoms with Gasteiger partial charge in [-0.1, -0.05) is 6.07 Å². The SMILES string of the molecule is Cl.N#Cc1c(C2CCNCC2)cc(-c2c(O)cccc2OCC2CCCO2)nc1N. The van der Waals surface area contributed by atoms with Gasteiger partial charge < -0.3 is 25.6 Å². The van der Waals surface area contributed by atoms with Crippen LogP contribution < -0.4 is 15.8 Å². The Labute approximate surface area is 182 Å². The number of piperidine rings is 1. The Hall–Kier alpha value is -2.53. The van der Waals surface area contributed by atoms with Crippen molar-refractivity contribution in [3.8, 4) is 28.8 Å². The lowest BCUT2D eigenvalue weighted by molar-refractivity contribution is 0.0681. The average Bonchev–Trinajstić information content (AvgIpc) is 3.26. The van der Waals surface area contributed by atoms with Crippen molar-refractivity contribution in [3.05, 3.63) is 35.4 Å². The highest BCUT2D eigenvalue weighted by Crippen LogP contribution is 2.40. The molecule has 0 spiro atoms. The fraction of sp³-hybridized carbons (Fsp3) is 0.455. The number of aromatic nitrogens is 1. The molecule has 7 nitrogen and oxygen atoms in total. The predicted octanol–water partition coefficient (Wildman–Crippen LogP) is 3.35. The Kier molecular flexibility index (Phi) is 7.38. The van der Waals surface area contributed by atoms with Crippen LogP contribution >= 0.6 is 12.4 Å². The number of nitrogens with zero attached hydrogens (tertiary/aromatic N) is 2. The molecule has 1 unspecified atom stereocenters. The van der Waals surface area contributed by atoms with Crippen LogP contribution in [0.15, 0.2) is 24.3 Å². The molecule has 1 aromatic carbocycles. The van der Waals surface area contributed by atoms with E-state index >= 15 is 0 Å². The number of benzene rings is 1. The number of ether oxygens (including phenoxy) is 2. The van der Waals surface area contributed by atoms with Gasteiger partial charge in [0.25, 0.3) is 0 Å². The minimum Gasteiger partial charge on any atom is -0.507 e. The summed E-state index contributed by atoms with van der Waals surface area (Å²) < 4.78 is 11.6. The first-order valence-corrected chi connectivity index (χ1v) is 10.2. The normalized spacial score (nSPS) is 19.1. The van der Waals surface area contributed by atoms with Crippen LogP contribution in [0.2, 0.25) is 0 Å². The molecule has 0 saturated carbocycles. The number of phenolic OH excluding ortho intramolecular Hbond substituents is 1. The molecule has 8 heteroatoms. The van der Waals surface area contributed by atoms with Crippen molar-refractivity contribution >= 4 is 18.2 Å². The number of phenols is 1. The monoisotopic (exact) mass is 430 g/mol. The highest BCUT2D eigenvalue weighted by atomic mass is 35.5. The minimum atomic E-state index is 0. The molecule has 3 heterocycles. The number of nitrogens with one attached hydrogen (secondary N) is 1. The third-order valence-corrected chi connectivity index (χ3v) is 5.68. The standard InChI is InChI=1S/C22H26N4O3.ClH/c23-12-17-16(14-6-8-25-9-7-14)11-18(26-22(17)24)21-19(27)4-1-5-20(21)29-13-15-3-2-10-28-15;/h1,4-5,11,14-15,25,27H,2-3,6-10,13H2,(H2,24,26);1H. The zero-order valence-electron chi connectivity index (χ0n) is 16.8. The zero-order chi connectivity index (χ0) is 20.2. The number of aromatic hydroxyl groups is 1. The van der Waals surface area contributed by atoms with E-state index in [2.05, 4.69) is 16.4 Å². The summed E-state index contributed by atoms with van der Waals surface area (Å²) in [7, 11) is 0. The van der Waals surface area contributed by atoms with Crippen LogP contribution in [0.25, 0.3) is 11.3 Å². The van der Waals surface area contributed by atoms with Gasteiger partial charge in [0, 0.05) is 6.61 Å². The van der Waals surface area contributed by atoms with Crippen LogP contribution in [-0.2, 0) is 4.74 Å². The van der Waals surface area contributed by atoms with Crippen LogP contribution in [0.1, 0.15) is 42.7 Å². The fourth-order valence-electron chi connectivity index (χ4n) is 4.15. The first-order valence-electron chi connectivity index (χ1n) is 10.2. The largest absolute Gasteiger partial charge is 0.507 e. The molecule has 2 aliphatic rings. The molecule has 4 rings (SSSR count). The predicted molar refractivity (Wildman–Crippen MR) is 117 cm³/mol. The second kappa shape index (κ2) is 9.98. The smallest absolute Gasteiger partial charge is 0.142 e. The van der Waals surface area contributed by atoms with Crippen LogP contribution in [-0.4, -0.2) is 42.5 Å². The van der Waals surface area contributed by atoms with Crippen molar-refractivity contribution in [1.29, 1.82) is 5.26 Å². The molecule has 0 radical (unpaired) electrons. The molecule has 0 bridgehead atoms. The number of anilines is 1. The lowest BCUT2D eigenvalue weighted by atomic mass is 9.86. The molecule has 1 atom stereocenters. The van der Waals surface area contributed by atoms with E-state index in [0.29, 0.717) is 29.2 Å². The minimum absolute atomic E-state index is 0. The van der Waals surface area contributed by atoms with Crippen molar-refractivity contribution in [2.24, 2.45) is 0 Å². The number of nitrogen functional groups attached to an aromatic ring is 1. The lowest BCUT2D eigenvalue weighted by Crippen LogP contribution is -2.27. The van der Waals surface area contributed by atoms with E-state index in [1.165, 1.54) is 0 Å².